The van der Waals surface area contributed by atoms with Crippen LogP contribution in [0.5, 0.6) is 0 Å². The van der Waals surface area contributed by atoms with Crippen molar-refractivity contribution in [2.45, 2.75) is 31.3 Å². The van der Waals surface area contributed by atoms with E-state index >= 15 is 0 Å². The Labute approximate surface area is 94.3 Å². The molecule has 0 spiro atoms. The molecule has 0 saturated heterocycles. The normalized spacial score (nSPS) is 14.2. The third kappa shape index (κ3) is 6.33. The fourth-order valence-electron chi connectivity index (χ4n) is 1.07. The van der Waals surface area contributed by atoms with Crippen LogP contribution in [0.4, 0.5) is 0 Å². The van der Waals surface area contributed by atoms with E-state index in [9.17, 15) is 9.59 Å². The van der Waals surface area contributed by atoms with Crippen molar-refractivity contribution < 1.29 is 14.7 Å². The van der Waals surface area contributed by atoms with Gasteiger partial charge in [0.1, 0.15) is 6.04 Å². The standard InChI is InChI=1S/C9H20N4O3/c10-4-2-1-3-6(11)8(14)13-5-7(12)9(15)16/h6-7H,1-5,10-12H2,(H,13,14)(H,15,16). The number of aliphatic carboxylic acids is 1. The minimum absolute atomic E-state index is 0.112. The number of nitrogens with two attached hydrogens (primary N) is 3. The Morgan fingerprint density at radius 3 is 2.31 bits per heavy atom. The fourth-order valence-corrected chi connectivity index (χ4v) is 1.07. The van der Waals surface area contributed by atoms with Gasteiger partial charge in [-0.25, -0.2) is 0 Å². The number of hydrogen-bond acceptors (Lipinski definition) is 5. The average Bonchev–Trinajstić information content (AvgIpc) is 2.25. The highest BCUT2D eigenvalue weighted by Gasteiger charge is 2.16. The molecule has 2 unspecified atom stereocenters. The van der Waals surface area contributed by atoms with Crippen molar-refractivity contribution in [1.29, 1.82) is 0 Å². The monoisotopic (exact) mass is 232 g/mol. The number of carboxylic acids is 1. The van der Waals surface area contributed by atoms with Crippen molar-refractivity contribution in [2.24, 2.45) is 17.2 Å². The summed E-state index contributed by atoms with van der Waals surface area (Å²) in [5, 5.41) is 10.9. The Kier molecular flexibility index (Phi) is 7.44. The number of hydrogen-bond donors (Lipinski definition) is 5. The maximum absolute atomic E-state index is 11.3. The number of carbonyl (C=O) groups is 2. The van der Waals surface area contributed by atoms with E-state index in [-0.39, 0.29) is 12.5 Å². The number of amides is 1. The van der Waals surface area contributed by atoms with Crippen LogP contribution in [0.25, 0.3) is 0 Å². The van der Waals surface area contributed by atoms with Crippen LogP contribution in [0.3, 0.4) is 0 Å². The minimum Gasteiger partial charge on any atom is -0.480 e. The number of carbonyl (C=O) groups excluding carboxylic acids is 1. The maximum atomic E-state index is 11.3. The number of nitrogens with one attached hydrogen (secondary N) is 1. The molecular weight excluding hydrogens is 212 g/mol. The maximum Gasteiger partial charge on any atom is 0.322 e. The Bertz CT molecular complexity index is 235. The van der Waals surface area contributed by atoms with Crippen molar-refractivity contribution in [3.8, 4) is 0 Å². The third-order valence-corrected chi connectivity index (χ3v) is 2.12. The fraction of sp³-hybridized carbons (Fsp3) is 0.778. The second kappa shape index (κ2) is 8.03. The largest absolute Gasteiger partial charge is 0.480 e. The first kappa shape index (κ1) is 14.8. The van der Waals surface area contributed by atoms with Gasteiger partial charge in [0.15, 0.2) is 0 Å². The lowest BCUT2D eigenvalue weighted by Gasteiger charge is -2.13. The molecule has 0 aliphatic carbocycles. The van der Waals surface area contributed by atoms with Crippen LogP contribution in [0.15, 0.2) is 0 Å². The smallest absolute Gasteiger partial charge is 0.322 e. The summed E-state index contributed by atoms with van der Waals surface area (Å²) in [5.74, 6) is -1.54. The molecule has 0 fully saturated rings. The van der Waals surface area contributed by atoms with Crippen LogP contribution in [-0.4, -0.2) is 42.2 Å². The summed E-state index contributed by atoms with van der Waals surface area (Å²) in [6.45, 7) is 0.455. The summed E-state index contributed by atoms with van der Waals surface area (Å²) < 4.78 is 0. The molecule has 1 amide bonds. The third-order valence-electron chi connectivity index (χ3n) is 2.12. The number of rotatable bonds is 8. The summed E-state index contributed by atoms with van der Waals surface area (Å²) in [6.07, 6.45) is 2.12. The Hall–Kier alpha value is -1.18. The molecular formula is C9H20N4O3. The quantitative estimate of drug-likeness (QED) is 0.305. The van der Waals surface area contributed by atoms with E-state index in [2.05, 4.69) is 5.32 Å². The van der Waals surface area contributed by atoms with E-state index in [4.69, 9.17) is 22.3 Å². The molecule has 0 radical (unpaired) electrons. The molecule has 0 aliphatic heterocycles. The molecule has 7 nitrogen and oxygen atoms in total. The number of unbranched alkanes of at least 4 members (excludes halogenated alkanes) is 1. The molecule has 0 heterocycles. The average molecular weight is 232 g/mol. The summed E-state index contributed by atoms with van der Waals surface area (Å²) in [5.41, 5.74) is 16.1. The van der Waals surface area contributed by atoms with Gasteiger partial charge in [-0.1, -0.05) is 6.42 Å². The van der Waals surface area contributed by atoms with E-state index in [1.807, 2.05) is 0 Å². The predicted octanol–water partition coefficient (Wildman–Crippen LogP) is -2.03. The van der Waals surface area contributed by atoms with Crippen LogP contribution in [0.2, 0.25) is 0 Å². The van der Waals surface area contributed by atoms with Gasteiger partial charge in [0.25, 0.3) is 0 Å². The van der Waals surface area contributed by atoms with E-state index in [0.29, 0.717) is 13.0 Å². The highest BCUT2D eigenvalue weighted by molar-refractivity contribution is 5.82. The van der Waals surface area contributed by atoms with Crippen molar-refractivity contribution in [3.05, 3.63) is 0 Å². The van der Waals surface area contributed by atoms with Crippen molar-refractivity contribution in [3.63, 3.8) is 0 Å². The van der Waals surface area contributed by atoms with Gasteiger partial charge in [0.2, 0.25) is 5.91 Å². The van der Waals surface area contributed by atoms with E-state index in [1.165, 1.54) is 0 Å². The highest BCUT2D eigenvalue weighted by atomic mass is 16.4. The molecule has 0 aromatic rings. The van der Waals surface area contributed by atoms with E-state index < -0.39 is 18.1 Å². The molecule has 8 N–H and O–H groups in total. The summed E-state index contributed by atoms with van der Waals surface area (Å²) in [4.78, 5) is 21.7. The van der Waals surface area contributed by atoms with Crippen molar-refractivity contribution in [1.82, 2.24) is 5.32 Å². The zero-order valence-electron chi connectivity index (χ0n) is 9.19. The Balaban J connectivity index is 3.74. The first-order valence-electron chi connectivity index (χ1n) is 5.20. The predicted molar refractivity (Wildman–Crippen MR) is 59.5 cm³/mol. The molecule has 7 heteroatoms. The van der Waals surface area contributed by atoms with Crippen LogP contribution in [-0.2, 0) is 9.59 Å². The van der Waals surface area contributed by atoms with Gasteiger partial charge in [-0.3, -0.25) is 9.59 Å². The molecule has 94 valence electrons. The second-order valence-electron chi connectivity index (χ2n) is 3.58. The van der Waals surface area contributed by atoms with Gasteiger partial charge in [0.05, 0.1) is 6.04 Å². The molecule has 0 aromatic carbocycles. The second-order valence-corrected chi connectivity index (χ2v) is 3.58. The molecule has 0 saturated carbocycles. The highest BCUT2D eigenvalue weighted by Crippen LogP contribution is 1.97. The van der Waals surface area contributed by atoms with Crippen molar-refractivity contribution in [2.75, 3.05) is 13.1 Å². The lowest BCUT2D eigenvalue weighted by Crippen LogP contribution is -2.47. The van der Waals surface area contributed by atoms with Gasteiger partial charge >= 0.3 is 5.97 Å². The van der Waals surface area contributed by atoms with Crippen LogP contribution < -0.4 is 22.5 Å². The van der Waals surface area contributed by atoms with E-state index in [0.717, 1.165) is 12.8 Å². The zero-order chi connectivity index (χ0) is 12.6. The molecule has 0 bridgehead atoms. The van der Waals surface area contributed by atoms with Crippen molar-refractivity contribution >= 4 is 11.9 Å². The van der Waals surface area contributed by atoms with Gasteiger partial charge in [-0.15, -0.1) is 0 Å². The van der Waals surface area contributed by atoms with Gasteiger partial charge in [-0.2, -0.15) is 0 Å². The van der Waals surface area contributed by atoms with E-state index in [1.54, 1.807) is 0 Å². The lowest BCUT2D eigenvalue weighted by molar-refractivity contribution is -0.138. The molecule has 16 heavy (non-hydrogen) atoms. The summed E-state index contributed by atoms with van der Waals surface area (Å²) in [7, 11) is 0. The van der Waals surface area contributed by atoms with Crippen LogP contribution in [0.1, 0.15) is 19.3 Å². The summed E-state index contributed by atoms with van der Waals surface area (Å²) in [6, 6.07) is -1.73. The Morgan fingerprint density at radius 2 is 1.81 bits per heavy atom. The molecule has 0 rings (SSSR count). The van der Waals surface area contributed by atoms with Gasteiger partial charge in [0, 0.05) is 6.54 Å². The first-order chi connectivity index (χ1) is 7.49. The lowest BCUT2D eigenvalue weighted by atomic mass is 10.1. The molecule has 0 aromatic heterocycles. The van der Waals surface area contributed by atoms with Gasteiger partial charge in [-0.05, 0) is 19.4 Å². The number of carboxylic acid groups (broad SMARTS) is 1. The topological polar surface area (TPSA) is 144 Å². The molecule has 0 aliphatic rings. The first-order valence-corrected chi connectivity index (χ1v) is 5.20. The van der Waals surface area contributed by atoms with Gasteiger partial charge < -0.3 is 27.6 Å². The minimum atomic E-state index is -1.16. The van der Waals surface area contributed by atoms with Crippen LogP contribution in [0, 0.1) is 0 Å². The van der Waals surface area contributed by atoms with Crippen LogP contribution >= 0.6 is 0 Å². The summed E-state index contributed by atoms with van der Waals surface area (Å²) >= 11 is 0. The Morgan fingerprint density at radius 1 is 1.19 bits per heavy atom. The zero-order valence-corrected chi connectivity index (χ0v) is 9.19. The molecule has 2 atom stereocenters. The SMILES string of the molecule is NCCCCC(N)C(=O)NCC(N)C(=O)O.